The monoisotopic (exact) mass is 340 g/mol. The molecule has 1 aromatic heterocycles. The number of halogens is 1. The van der Waals surface area contributed by atoms with Crippen LogP contribution in [0.1, 0.15) is 5.56 Å². The van der Waals surface area contributed by atoms with Gasteiger partial charge in [-0.1, -0.05) is 42.1 Å². The van der Waals surface area contributed by atoms with E-state index in [1.54, 1.807) is 23.1 Å². The summed E-state index contributed by atoms with van der Waals surface area (Å²) in [7, 11) is 0. The Labute approximate surface area is 141 Å². The molecule has 1 heterocycles. The van der Waals surface area contributed by atoms with Crippen molar-refractivity contribution in [2.45, 2.75) is 10.1 Å². The highest BCUT2D eigenvalue weighted by molar-refractivity contribution is 8.00. The summed E-state index contributed by atoms with van der Waals surface area (Å²) < 4.78 is 16.0. The maximum Gasteiger partial charge on any atom is 0.151 e. The summed E-state index contributed by atoms with van der Waals surface area (Å²) in [4.78, 5) is 4.62. The molecule has 0 amide bonds. The summed E-state index contributed by atoms with van der Waals surface area (Å²) in [5, 5.41) is 1.63. The van der Waals surface area contributed by atoms with Crippen LogP contribution in [0.3, 0.4) is 0 Å². The van der Waals surface area contributed by atoms with Crippen molar-refractivity contribution < 1.29 is 4.39 Å². The maximum absolute atomic E-state index is 13.9. The molecular weight excluding hydrogens is 327 g/mol. The number of rotatable bonds is 3. The fourth-order valence-corrected chi connectivity index (χ4v) is 4.69. The second-order valence-corrected chi connectivity index (χ2v) is 7.50. The molecule has 0 spiro atoms. The van der Waals surface area contributed by atoms with Gasteiger partial charge in [-0.3, -0.25) is 0 Å². The summed E-state index contributed by atoms with van der Waals surface area (Å²) >= 11 is 3.31. The summed E-state index contributed by atoms with van der Waals surface area (Å²) in [6.45, 7) is 0. The standard InChI is InChI=1S/C18H13FN2S2/c19-15-7-5-11(13-3-1-2-4-14(13)15)10-22-18-21-16-8-6-12(20)9-17(16)23-18/h1-9H,10,20H2. The van der Waals surface area contributed by atoms with Crippen molar-refractivity contribution in [1.29, 1.82) is 0 Å². The molecule has 0 saturated carbocycles. The largest absolute Gasteiger partial charge is 0.399 e. The average Bonchev–Trinajstić information content (AvgIpc) is 2.96. The van der Waals surface area contributed by atoms with Crippen molar-refractivity contribution in [3.05, 3.63) is 66.0 Å². The fourth-order valence-electron chi connectivity index (χ4n) is 2.57. The number of fused-ring (bicyclic) bond motifs is 2. The van der Waals surface area contributed by atoms with Crippen LogP contribution in [-0.2, 0) is 5.75 Å². The van der Waals surface area contributed by atoms with Gasteiger partial charge in [-0.25, -0.2) is 9.37 Å². The third-order valence-electron chi connectivity index (χ3n) is 3.71. The van der Waals surface area contributed by atoms with E-state index < -0.39 is 0 Å². The van der Waals surface area contributed by atoms with E-state index in [0.29, 0.717) is 5.39 Å². The van der Waals surface area contributed by atoms with Crippen LogP contribution in [-0.4, -0.2) is 4.98 Å². The molecule has 0 radical (unpaired) electrons. The van der Waals surface area contributed by atoms with E-state index in [1.165, 1.54) is 6.07 Å². The number of nitrogen functional groups attached to an aromatic ring is 1. The maximum atomic E-state index is 13.9. The number of benzene rings is 3. The number of hydrogen-bond acceptors (Lipinski definition) is 4. The van der Waals surface area contributed by atoms with Crippen molar-refractivity contribution in [3.63, 3.8) is 0 Å². The van der Waals surface area contributed by atoms with E-state index in [0.717, 1.165) is 36.9 Å². The van der Waals surface area contributed by atoms with Crippen molar-refractivity contribution in [1.82, 2.24) is 4.98 Å². The molecule has 0 aliphatic carbocycles. The second kappa shape index (κ2) is 5.83. The minimum Gasteiger partial charge on any atom is -0.399 e. The Morgan fingerprint density at radius 1 is 1.04 bits per heavy atom. The van der Waals surface area contributed by atoms with Gasteiger partial charge in [0.05, 0.1) is 10.2 Å². The first-order chi connectivity index (χ1) is 11.2. The summed E-state index contributed by atoms with van der Waals surface area (Å²) in [5.41, 5.74) is 8.65. The lowest BCUT2D eigenvalue weighted by Crippen LogP contribution is -1.87. The zero-order valence-electron chi connectivity index (χ0n) is 12.1. The molecule has 4 aromatic rings. The number of hydrogen-bond donors (Lipinski definition) is 1. The Bertz CT molecular complexity index is 1010. The molecule has 0 aliphatic heterocycles. The van der Waals surface area contributed by atoms with Crippen LogP contribution < -0.4 is 5.73 Å². The summed E-state index contributed by atoms with van der Waals surface area (Å²) in [6, 6.07) is 16.7. The smallest absolute Gasteiger partial charge is 0.151 e. The third-order valence-corrected chi connectivity index (χ3v) is 5.92. The molecule has 114 valence electrons. The Morgan fingerprint density at radius 2 is 1.87 bits per heavy atom. The van der Waals surface area contributed by atoms with Crippen LogP contribution in [0.15, 0.2) is 58.9 Å². The van der Waals surface area contributed by atoms with Crippen LogP contribution in [0.25, 0.3) is 21.0 Å². The van der Waals surface area contributed by atoms with Gasteiger partial charge in [0.1, 0.15) is 5.82 Å². The molecule has 0 atom stereocenters. The third kappa shape index (κ3) is 2.78. The molecule has 0 bridgehead atoms. The molecule has 4 rings (SSSR count). The Morgan fingerprint density at radius 3 is 2.74 bits per heavy atom. The van der Waals surface area contributed by atoms with Gasteiger partial charge < -0.3 is 5.73 Å². The van der Waals surface area contributed by atoms with E-state index in [1.807, 2.05) is 48.5 Å². The minimum atomic E-state index is -0.176. The van der Waals surface area contributed by atoms with Crippen molar-refractivity contribution >= 4 is 49.8 Å². The minimum absolute atomic E-state index is 0.176. The number of thiazole rings is 1. The Hall–Kier alpha value is -2.11. The first kappa shape index (κ1) is 14.5. The zero-order valence-corrected chi connectivity index (χ0v) is 13.8. The normalized spacial score (nSPS) is 11.3. The Kier molecular flexibility index (Phi) is 3.67. The van der Waals surface area contributed by atoms with Crippen molar-refractivity contribution in [2.24, 2.45) is 0 Å². The van der Waals surface area contributed by atoms with E-state index in [2.05, 4.69) is 4.98 Å². The van der Waals surface area contributed by atoms with E-state index >= 15 is 0 Å². The highest BCUT2D eigenvalue weighted by atomic mass is 32.2. The number of thioether (sulfide) groups is 1. The zero-order chi connectivity index (χ0) is 15.8. The van der Waals surface area contributed by atoms with Gasteiger partial charge in [-0.2, -0.15) is 0 Å². The highest BCUT2D eigenvalue weighted by Gasteiger charge is 2.08. The van der Waals surface area contributed by atoms with E-state index in [9.17, 15) is 4.39 Å². The average molecular weight is 340 g/mol. The van der Waals surface area contributed by atoms with Gasteiger partial charge in [0, 0.05) is 16.8 Å². The second-order valence-electron chi connectivity index (χ2n) is 5.25. The van der Waals surface area contributed by atoms with Gasteiger partial charge in [-0.15, -0.1) is 11.3 Å². The fraction of sp³-hybridized carbons (Fsp3) is 0.0556. The summed E-state index contributed by atoms with van der Waals surface area (Å²) in [5.74, 6) is 0.584. The number of nitrogens with two attached hydrogens (primary N) is 1. The highest BCUT2D eigenvalue weighted by Crippen LogP contribution is 2.34. The molecule has 23 heavy (non-hydrogen) atoms. The predicted molar refractivity (Wildman–Crippen MR) is 97.5 cm³/mol. The molecule has 0 unspecified atom stereocenters. The molecule has 2 N–H and O–H groups in total. The molecule has 2 nitrogen and oxygen atoms in total. The SMILES string of the molecule is Nc1ccc2nc(SCc3ccc(F)c4ccccc34)sc2c1. The van der Waals surface area contributed by atoms with Crippen LogP contribution >= 0.6 is 23.1 Å². The first-order valence-corrected chi connectivity index (χ1v) is 8.96. The van der Waals surface area contributed by atoms with Crippen LogP contribution in [0.4, 0.5) is 10.1 Å². The molecule has 3 aromatic carbocycles. The van der Waals surface area contributed by atoms with Gasteiger partial charge in [0.15, 0.2) is 4.34 Å². The predicted octanol–water partition coefficient (Wildman–Crippen LogP) is 5.46. The van der Waals surface area contributed by atoms with Crippen molar-refractivity contribution in [3.8, 4) is 0 Å². The molecule has 5 heteroatoms. The molecular formula is C18H13FN2S2. The van der Waals surface area contributed by atoms with Gasteiger partial charge in [0.25, 0.3) is 0 Å². The number of nitrogens with zero attached hydrogens (tertiary/aromatic N) is 1. The first-order valence-electron chi connectivity index (χ1n) is 7.16. The van der Waals surface area contributed by atoms with Gasteiger partial charge in [0.2, 0.25) is 0 Å². The van der Waals surface area contributed by atoms with Crippen LogP contribution in [0.2, 0.25) is 0 Å². The van der Waals surface area contributed by atoms with Crippen LogP contribution in [0.5, 0.6) is 0 Å². The van der Waals surface area contributed by atoms with E-state index in [-0.39, 0.29) is 5.82 Å². The number of aromatic nitrogens is 1. The molecule has 0 saturated heterocycles. The lowest BCUT2D eigenvalue weighted by molar-refractivity contribution is 0.639. The van der Waals surface area contributed by atoms with Crippen molar-refractivity contribution in [2.75, 3.05) is 5.73 Å². The van der Waals surface area contributed by atoms with Gasteiger partial charge >= 0.3 is 0 Å². The summed E-state index contributed by atoms with van der Waals surface area (Å²) in [6.07, 6.45) is 0. The number of anilines is 1. The van der Waals surface area contributed by atoms with Crippen LogP contribution in [0, 0.1) is 5.82 Å². The topological polar surface area (TPSA) is 38.9 Å². The van der Waals surface area contributed by atoms with E-state index in [4.69, 9.17) is 5.73 Å². The lowest BCUT2D eigenvalue weighted by Gasteiger charge is -2.06. The lowest BCUT2D eigenvalue weighted by atomic mass is 10.1. The van der Waals surface area contributed by atoms with Gasteiger partial charge in [-0.05, 0) is 35.2 Å². The quantitative estimate of drug-likeness (QED) is 0.397. The Balaban J connectivity index is 1.64. The molecule has 0 fully saturated rings. The molecule has 0 aliphatic rings.